The molecule has 1 saturated carbocycles. The molecule has 0 saturated heterocycles. The average Bonchev–Trinajstić information content (AvgIpc) is 2.33. The van der Waals surface area contributed by atoms with Gasteiger partial charge in [0.2, 0.25) is 0 Å². The van der Waals surface area contributed by atoms with Gasteiger partial charge >= 0.3 is 19.5 Å². The van der Waals surface area contributed by atoms with Gasteiger partial charge in [-0.3, -0.25) is 14.2 Å². The van der Waals surface area contributed by atoms with Gasteiger partial charge in [-0.25, -0.2) is 0 Å². The van der Waals surface area contributed by atoms with Crippen LogP contribution < -0.4 is 0 Å². The fraction of sp³-hybridized carbons (Fsp3) is 0.833. The molecule has 21 heavy (non-hydrogen) atoms. The molecule has 1 fully saturated rings. The average molecular weight is 323 g/mol. The molecule has 1 aliphatic rings. The number of carboxylic acids is 2. The Balaban J connectivity index is 2.95. The molecule has 122 valence electrons. The van der Waals surface area contributed by atoms with E-state index in [0.717, 1.165) is 0 Å². The Morgan fingerprint density at radius 1 is 1.05 bits per heavy atom. The Hall–Kier alpha value is -0.950. The molecule has 0 aromatic rings. The minimum atomic E-state index is -5.03. The molecule has 0 aromatic carbocycles. The van der Waals surface area contributed by atoms with Crippen molar-refractivity contribution < 1.29 is 34.2 Å². The van der Waals surface area contributed by atoms with E-state index in [9.17, 15) is 29.0 Å². The van der Waals surface area contributed by atoms with Crippen molar-refractivity contribution in [3.05, 3.63) is 0 Å². The van der Waals surface area contributed by atoms with Crippen LogP contribution in [0.1, 0.15) is 25.7 Å². The van der Waals surface area contributed by atoms with Gasteiger partial charge in [-0.05, 0) is 45.7 Å². The molecular formula is C12H22NO7P. The highest BCUT2D eigenvalue weighted by atomic mass is 31.2. The number of aliphatic carboxylic acids is 2. The van der Waals surface area contributed by atoms with Crippen LogP contribution in [-0.2, 0) is 14.2 Å². The summed E-state index contributed by atoms with van der Waals surface area (Å²) in [5, 5.41) is 18.3. The summed E-state index contributed by atoms with van der Waals surface area (Å²) in [5.74, 6) is -5.32. The van der Waals surface area contributed by atoms with Gasteiger partial charge in [0.1, 0.15) is 0 Å². The molecule has 0 bridgehead atoms. The SMILES string of the molecule is CN(C)C1CCC(C(C(=O)O)C(C(=O)O)P(=O)(O)O)CC1. The molecule has 9 heteroatoms. The molecule has 4 N–H and O–H groups in total. The van der Waals surface area contributed by atoms with Crippen LogP contribution >= 0.6 is 7.60 Å². The van der Waals surface area contributed by atoms with E-state index in [1.165, 1.54) is 0 Å². The van der Waals surface area contributed by atoms with Crippen molar-refractivity contribution in [2.45, 2.75) is 37.4 Å². The first-order valence-electron chi connectivity index (χ1n) is 6.73. The number of hydrogen-bond donors (Lipinski definition) is 4. The molecule has 8 nitrogen and oxygen atoms in total. The van der Waals surface area contributed by atoms with Crippen molar-refractivity contribution in [2.24, 2.45) is 11.8 Å². The van der Waals surface area contributed by atoms with Gasteiger partial charge in [-0.1, -0.05) is 0 Å². The molecule has 0 heterocycles. The second-order valence-electron chi connectivity index (χ2n) is 5.77. The first-order chi connectivity index (χ1) is 9.55. The van der Waals surface area contributed by atoms with Gasteiger partial charge in [-0.2, -0.15) is 0 Å². The molecule has 0 amide bonds. The predicted octanol–water partition coefficient (Wildman–Crippen LogP) is 0.438. The summed E-state index contributed by atoms with van der Waals surface area (Å²) in [5.41, 5.74) is -2.18. The quantitative estimate of drug-likeness (QED) is 0.517. The van der Waals surface area contributed by atoms with Crippen LogP contribution in [0.15, 0.2) is 0 Å². The third-order valence-electron chi connectivity index (χ3n) is 4.22. The first kappa shape index (κ1) is 18.1. The minimum Gasteiger partial charge on any atom is -0.481 e. The van der Waals surface area contributed by atoms with Crippen molar-refractivity contribution in [1.29, 1.82) is 0 Å². The van der Waals surface area contributed by atoms with E-state index in [1.807, 2.05) is 19.0 Å². The summed E-state index contributed by atoms with van der Waals surface area (Å²) >= 11 is 0. The van der Waals surface area contributed by atoms with E-state index in [1.54, 1.807) is 0 Å². The van der Waals surface area contributed by atoms with Crippen molar-refractivity contribution in [3.63, 3.8) is 0 Å². The zero-order valence-corrected chi connectivity index (χ0v) is 12.9. The number of carboxylic acid groups (broad SMARTS) is 2. The van der Waals surface area contributed by atoms with Crippen LogP contribution in [0.2, 0.25) is 0 Å². The molecule has 0 aliphatic heterocycles. The number of nitrogens with zero attached hydrogens (tertiary/aromatic N) is 1. The highest BCUT2D eigenvalue weighted by Gasteiger charge is 2.49. The Bertz CT molecular complexity index is 439. The lowest BCUT2D eigenvalue weighted by atomic mass is 9.76. The molecule has 1 rings (SSSR count). The van der Waals surface area contributed by atoms with Crippen LogP contribution in [0, 0.1) is 11.8 Å². The lowest BCUT2D eigenvalue weighted by Crippen LogP contribution is -2.42. The third-order valence-corrected chi connectivity index (χ3v) is 5.49. The van der Waals surface area contributed by atoms with Gasteiger partial charge < -0.3 is 24.9 Å². The second kappa shape index (κ2) is 6.87. The highest BCUT2D eigenvalue weighted by molar-refractivity contribution is 7.53. The summed E-state index contributed by atoms with van der Waals surface area (Å²) in [7, 11) is -1.21. The summed E-state index contributed by atoms with van der Waals surface area (Å²) in [6, 6.07) is 0.286. The number of hydrogen-bond acceptors (Lipinski definition) is 4. The van der Waals surface area contributed by atoms with Gasteiger partial charge in [0.15, 0.2) is 5.66 Å². The molecule has 0 spiro atoms. The Morgan fingerprint density at radius 2 is 1.52 bits per heavy atom. The van der Waals surface area contributed by atoms with E-state index in [-0.39, 0.29) is 6.04 Å². The van der Waals surface area contributed by atoms with Crippen LogP contribution in [0.25, 0.3) is 0 Å². The monoisotopic (exact) mass is 323 g/mol. The van der Waals surface area contributed by atoms with E-state index < -0.39 is 37.0 Å². The highest BCUT2D eigenvalue weighted by Crippen LogP contribution is 2.49. The molecule has 1 aliphatic carbocycles. The summed E-state index contributed by atoms with van der Waals surface area (Å²) in [4.78, 5) is 42.9. The lowest BCUT2D eigenvalue weighted by Gasteiger charge is -2.36. The Kier molecular flexibility index (Phi) is 5.92. The fourth-order valence-corrected chi connectivity index (χ4v) is 4.16. The summed E-state index contributed by atoms with van der Waals surface area (Å²) in [6.45, 7) is 0. The topological polar surface area (TPSA) is 135 Å². The van der Waals surface area contributed by atoms with Crippen LogP contribution in [0.4, 0.5) is 0 Å². The van der Waals surface area contributed by atoms with E-state index in [0.29, 0.717) is 25.7 Å². The van der Waals surface area contributed by atoms with Gasteiger partial charge in [0.05, 0.1) is 5.92 Å². The van der Waals surface area contributed by atoms with Gasteiger partial charge in [-0.15, -0.1) is 0 Å². The molecule has 0 radical (unpaired) electrons. The molecular weight excluding hydrogens is 301 g/mol. The van der Waals surface area contributed by atoms with Crippen molar-refractivity contribution in [1.82, 2.24) is 4.90 Å². The van der Waals surface area contributed by atoms with Gasteiger partial charge in [0.25, 0.3) is 0 Å². The predicted molar refractivity (Wildman–Crippen MR) is 74.0 cm³/mol. The summed E-state index contributed by atoms with van der Waals surface area (Å²) < 4.78 is 11.4. The first-order valence-corrected chi connectivity index (χ1v) is 8.41. The largest absolute Gasteiger partial charge is 0.481 e. The van der Waals surface area contributed by atoms with Crippen molar-refractivity contribution in [3.8, 4) is 0 Å². The Morgan fingerprint density at radius 3 is 1.81 bits per heavy atom. The maximum atomic E-state index is 11.4. The zero-order chi connectivity index (χ0) is 16.4. The second-order valence-corrected chi connectivity index (χ2v) is 7.50. The molecule has 0 aromatic heterocycles. The lowest BCUT2D eigenvalue weighted by molar-refractivity contribution is -0.150. The maximum absolute atomic E-state index is 11.4. The zero-order valence-electron chi connectivity index (χ0n) is 12.0. The maximum Gasteiger partial charge on any atom is 0.340 e. The smallest absolute Gasteiger partial charge is 0.340 e. The molecule has 2 atom stereocenters. The van der Waals surface area contributed by atoms with Crippen LogP contribution in [0.3, 0.4) is 0 Å². The van der Waals surface area contributed by atoms with Crippen LogP contribution in [-0.4, -0.2) is 62.6 Å². The normalized spacial score (nSPS) is 26.3. The number of carbonyl (C=O) groups is 2. The van der Waals surface area contributed by atoms with Crippen LogP contribution in [0.5, 0.6) is 0 Å². The Labute approximate surface area is 122 Å². The minimum absolute atomic E-state index is 0.286. The standard InChI is InChI=1S/C12H22NO7P/c1-13(2)8-5-3-7(4-6-8)9(11(14)15)10(12(16)17)21(18,19)20/h7-10H,3-6H2,1-2H3,(H,14,15)(H,16,17)(H2,18,19,20). The van der Waals surface area contributed by atoms with Gasteiger partial charge in [0, 0.05) is 6.04 Å². The van der Waals surface area contributed by atoms with Crippen molar-refractivity contribution in [2.75, 3.05) is 14.1 Å². The summed E-state index contributed by atoms with van der Waals surface area (Å²) in [6.07, 6.45) is 2.27. The molecule has 2 unspecified atom stereocenters. The third kappa shape index (κ3) is 4.51. The van der Waals surface area contributed by atoms with E-state index in [4.69, 9.17) is 5.11 Å². The fourth-order valence-electron chi connectivity index (χ4n) is 3.08. The number of rotatable bonds is 6. The van der Waals surface area contributed by atoms with E-state index in [2.05, 4.69) is 0 Å². The van der Waals surface area contributed by atoms with Crippen molar-refractivity contribution >= 4 is 19.5 Å². The van der Waals surface area contributed by atoms with E-state index >= 15 is 0 Å².